The molecule has 4 aromatic heterocycles. The summed E-state index contributed by atoms with van der Waals surface area (Å²) >= 11 is 3.33. The van der Waals surface area contributed by atoms with Gasteiger partial charge in [-0.15, -0.1) is 0 Å². The first-order valence-corrected chi connectivity index (χ1v) is 7.10. The number of hydrogen-bond acceptors (Lipinski definition) is 9. The predicted octanol–water partition coefficient (Wildman–Crippen LogP) is 1.15. The average Bonchev–Trinajstić information content (AvgIpc) is 3.07. The van der Waals surface area contributed by atoms with Crippen molar-refractivity contribution in [1.82, 2.24) is 39.3 Å². The van der Waals surface area contributed by atoms with E-state index < -0.39 is 0 Å². The molecule has 4 rings (SSSR count). The Labute approximate surface area is 140 Å². The highest BCUT2D eigenvalue weighted by Gasteiger charge is 2.21. The molecule has 0 aliphatic rings. The summed E-state index contributed by atoms with van der Waals surface area (Å²) in [5, 5.41) is 3.58. The van der Waals surface area contributed by atoms with Gasteiger partial charge in [0, 0.05) is 4.91 Å². The second-order valence-electron chi connectivity index (χ2n) is 4.47. The van der Waals surface area contributed by atoms with Crippen molar-refractivity contribution in [3.05, 3.63) is 27.8 Å². The number of imidazole rings is 2. The first-order valence-electron chi connectivity index (χ1n) is 6.31. The molecule has 118 valence electrons. The molecule has 4 heterocycles. The minimum Gasteiger partial charge on any atom is -0.382 e. The van der Waals surface area contributed by atoms with Gasteiger partial charge in [-0.05, 0) is 26.6 Å². The van der Waals surface area contributed by atoms with Crippen LogP contribution in [0.2, 0.25) is 0 Å². The van der Waals surface area contributed by atoms with Gasteiger partial charge in [0.1, 0.15) is 12.7 Å². The Morgan fingerprint density at radius 3 is 2.17 bits per heavy atom. The molecule has 0 aliphatic heterocycles. The molecule has 0 saturated heterocycles. The zero-order valence-electron chi connectivity index (χ0n) is 11.6. The smallest absolute Gasteiger partial charge is 0.219 e. The Balaban J connectivity index is 2.20. The lowest BCUT2D eigenvalue weighted by molar-refractivity contribution is 0.674. The fourth-order valence-electron chi connectivity index (χ4n) is 2.22. The van der Waals surface area contributed by atoms with Crippen molar-refractivity contribution < 1.29 is 0 Å². The van der Waals surface area contributed by atoms with E-state index in [1.54, 1.807) is 0 Å². The molecule has 0 spiro atoms. The average molecular weight is 388 g/mol. The number of halogens is 1. The van der Waals surface area contributed by atoms with Crippen LogP contribution in [-0.4, -0.2) is 39.3 Å². The molecular formula is C10H6BrN13. The maximum Gasteiger partial charge on any atom is 0.219 e. The standard InChI is InChI=1S/C10H6BrN13/c11-9-19-3-5(12)15-1-17-7(3)23(9)24-8-4(6(13)16-2-18-8)20-10(24)21-22-14/h1-2H,(H2,12,15,17)(H2,13,16,18). The Kier molecular flexibility index (Phi) is 2.94. The van der Waals surface area contributed by atoms with E-state index in [4.69, 9.17) is 17.0 Å². The van der Waals surface area contributed by atoms with Crippen LogP contribution in [0.1, 0.15) is 0 Å². The third kappa shape index (κ3) is 1.84. The van der Waals surface area contributed by atoms with E-state index in [1.807, 2.05) is 0 Å². The van der Waals surface area contributed by atoms with Crippen LogP contribution >= 0.6 is 15.9 Å². The monoisotopic (exact) mass is 387 g/mol. The topological polar surface area (TPSA) is 188 Å². The summed E-state index contributed by atoms with van der Waals surface area (Å²) in [6.07, 6.45) is 2.56. The molecule has 0 aliphatic carbocycles. The van der Waals surface area contributed by atoms with E-state index >= 15 is 0 Å². The first-order chi connectivity index (χ1) is 11.6. The summed E-state index contributed by atoms with van der Waals surface area (Å²) in [5.74, 6) is 0.322. The molecule has 0 atom stereocenters. The van der Waals surface area contributed by atoms with Gasteiger partial charge in [-0.25, -0.2) is 39.3 Å². The van der Waals surface area contributed by atoms with Crippen LogP contribution in [0.15, 0.2) is 22.5 Å². The number of fused-ring (bicyclic) bond motifs is 2. The van der Waals surface area contributed by atoms with Crippen LogP contribution in [0.5, 0.6) is 0 Å². The maximum atomic E-state index is 8.82. The molecule has 0 radical (unpaired) electrons. The first kappa shape index (κ1) is 14.1. The van der Waals surface area contributed by atoms with Crippen LogP contribution in [0.4, 0.5) is 17.6 Å². The van der Waals surface area contributed by atoms with Gasteiger partial charge in [-0.3, -0.25) is 0 Å². The van der Waals surface area contributed by atoms with Gasteiger partial charge in [0.2, 0.25) is 5.95 Å². The van der Waals surface area contributed by atoms with E-state index in [0.29, 0.717) is 21.5 Å². The summed E-state index contributed by atoms with van der Waals surface area (Å²) in [7, 11) is 0. The SMILES string of the molecule is [N-]=[N+]=Nc1nc2c(N)ncnc2n1-n1c(Br)nc2c(N)ncnc21. The Hall–Kier alpha value is -3.51. The number of hydrogen-bond donors (Lipinski definition) is 2. The number of nitrogens with two attached hydrogens (primary N) is 2. The molecule has 14 heteroatoms. The highest BCUT2D eigenvalue weighted by atomic mass is 79.9. The predicted molar refractivity (Wildman–Crippen MR) is 86.8 cm³/mol. The van der Waals surface area contributed by atoms with Gasteiger partial charge >= 0.3 is 0 Å². The third-order valence-electron chi connectivity index (χ3n) is 3.18. The van der Waals surface area contributed by atoms with Gasteiger partial charge < -0.3 is 11.5 Å². The Bertz CT molecular complexity index is 1150. The van der Waals surface area contributed by atoms with Gasteiger partial charge in [0.15, 0.2) is 38.7 Å². The molecule has 0 unspecified atom stereocenters. The van der Waals surface area contributed by atoms with Crippen LogP contribution in [0.3, 0.4) is 0 Å². The number of aromatic nitrogens is 8. The van der Waals surface area contributed by atoms with Gasteiger partial charge in [0.25, 0.3) is 0 Å². The van der Waals surface area contributed by atoms with E-state index in [-0.39, 0.29) is 23.1 Å². The number of anilines is 2. The molecule has 4 aromatic rings. The minimum absolute atomic E-state index is 0.0168. The van der Waals surface area contributed by atoms with Crippen molar-refractivity contribution in [1.29, 1.82) is 0 Å². The molecule has 0 amide bonds. The zero-order valence-corrected chi connectivity index (χ0v) is 13.2. The van der Waals surface area contributed by atoms with Gasteiger partial charge in [-0.1, -0.05) is 0 Å². The van der Waals surface area contributed by atoms with E-state index in [1.165, 1.54) is 22.0 Å². The van der Waals surface area contributed by atoms with Gasteiger partial charge in [0.05, 0.1) is 0 Å². The van der Waals surface area contributed by atoms with Crippen LogP contribution < -0.4 is 11.5 Å². The molecule has 0 fully saturated rings. The summed E-state index contributed by atoms with van der Waals surface area (Å²) in [5.41, 5.74) is 21.8. The fraction of sp³-hybridized carbons (Fsp3) is 0. The van der Waals surface area contributed by atoms with Crippen molar-refractivity contribution in [3.8, 4) is 0 Å². The molecule has 0 saturated carbocycles. The number of nitrogens with zero attached hydrogens (tertiary/aromatic N) is 11. The molecule has 0 bridgehead atoms. The van der Waals surface area contributed by atoms with E-state index in [9.17, 15) is 0 Å². The molecule has 13 nitrogen and oxygen atoms in total. The van der Waals surface area contributed by atoms with Crippen molar-refractivity contribution in [2.24, 2.45) is 5.11 Å². The summed E-state index contributed by atoms with van der Waals surface area (Å²) in [6, 6.07) is 0. The highest BCUT2D eigenvalue weighted by Crippen LogP contribution is 2.28. The molecule has 4 N–H and O–H groups in total. The van der Waals surface area contributed by atoms with Crippen molar-refractivity contribution >= 4 is 55.8 Å². The second kappa shape index (κ2) is 5.00. The van der Waals surface area contributed by atoms with Crippen molar-refractivity contribution in [2.45, 2.75) is 0 Å². The third-order valence-corrected chi connectivity index (χ3v) is 3.69. The van der Waals surface area contributed by atoms with Crippen LogP contribution in [-0.2, 0) is 0 Å². The van der Waals surface area contributed by atoms with E-state index in [2.05, 4.69) is 55.9 Å². The van der Waals surface area contributed by atoms with Crippen LogP contribution in [0, 0.1) is 0 Å². The summed E-state index contributed by atoms with van der Waals surface area (Å²) in [6.45, 7) is 0. The van der Waals surface area contributed by atoms with Gasteiger partial charge in [-0.2, -0.15) is 0 Å². The van der Waals surface area contributed by atoms with Crippen molar-refractivity contribution in [2.75, 3.05) is 11.5 Å². The number of nitrogen functional groups attached to an aromatic ring is 2. The second-order valence-corrected chi connectivity index (χ2v) is 5.18. The minimum atomic E-state index is -0.0168. The lowest BCUT2D eigenvalue weighted by Crippen LogP contribution is -2.11. The quantitative estimate of drug-likeness (QED) is 0.221. The lowest BCUT2D eigenvalue weighted by atomic mass is 10.5. The summed E-state index contributed by atoms with van der Waals surface area (Å²) < 4.78 is 3.22. The Morgan fingerprint density at radius 1 is 0.958 bits per heavy atom. The zero-order chi connectivity index (χ0) is 16.8. The molecule has 24 heavy (non-hydrogen) atoms. The lowest BCUT2D eigenvalue weighted by Gasteiger charge is -2.08. The van der Waals surface area contributed by atoms with Crippen molar-refractivity contribution in [3.63, 3.8) is 0 Å². The van der Waals surface area contributed by atoms with Crippen LogP contribution in [0.25, 0.3) is 32.8 Å². The number of rotatable bonds is 2. The largest absolute Gasteiger partial charge is 0.382 e. The molecular weight excluding hydrogens is 382 g/mol. The Morgan fingerprint density at radius 2 is 1.54 bits per heavy atom. The van der Waals surface area contributed by atoms with E-state index in [0.717, 1.165) is 0 Å². The fourth-order valence-corrected chi connectivity index (χ4v) is 2.73. The maximum absolute atomic E-state index is 8.82. The normalized spacial score (nSPS) is 11.0. The molecule has 0 aromatic carbocycles. The number of azide groups is 1. The highest BCUT2D eigenvalue weighted by molar-refractivity contribution is 9.10. The summed E-state index contributed by atoms with van der Waals surface area (Å²) in [4.78, 5) is 27.3.